The second-order valence-electron chi connectivity index (χ2n) is 3.77. The minimum atomic E-state index is 0.169. The summed E-state index contributed by atoms with van der Waals surface area (Å²) in [7, 11) is 1.89. The molecule has 5 heteroatoms. The number of aromatic nitrogens is 3. The lowest BCUT2D eigenvalue weighted by atomic mass is 10.1. The molecule has 5 nitrogen and oxygen atoms in total. The molecule has 1 N–H and O–H groups in total. The van der Waals surface area contributed by atoms with Crippen LogP contribution in [-0.4, -0.2) is 26.7 Å². The Morgan fingerprint density at radius 1 is 1.50 bits per heavy atom. The van der Waals surface area contributed by atoms with Gasteiger partial charge in [0.1, 0.15) is 11.5 Å². The van der Waals surface area contributed by atoms with E-state index in [0.29, 0.717) is 12.8 Å². The molecule has 2 aromatic heterocycles. The third kappa shape index (κ3) is 1.99. The summed E-state index contributed by atoms with van der Waals surface area (Å²) in [5.74, 6) is 0.798. The summed E-state index contributed by atoms with van der Waals surface area (Å²) in [5, 5.41) is 16.9. The van der Waals surface area contributed by atoms with E-state index in [1.807, 2.05) is 20.0 Å². The van der Waals surface area contributed by atoms with Gasteiger partial charge in [-0.05, 0) is 13.3 Å². The standard InChI is InChI=1S/C11H15N3O2/c1-8-10(7-12-14(8)2)11-6-9(16-13-11)4-3-5-15/h6-7,15H,3-5H2,1-2H3. The first kappa shape index (κ1) is 10.9. The van der Waals surface area contributed by atoms with Crippen LogP contribution in [0.4, 0.5) is 0 Å². The van der Waals surface area contributed by atoms with E-state index in [1.165, 1.54) is 0 Å². The number of nitrogens with zero attached hydrogens (tertiary/aromatic N) is 3. The van der Waals surface area contributed by atoms with E-state index in [2.05, 4.69) is 10.3 Å². The van der Waals surface area contributed by atoms with Crippen LogP contribution in [0, 0.1) is 6.92 Å². The molecule has 0 bridgehead atoms. The highest BCUT2D eigenvalue weighted by molar-refractivity contribution is 5.60. The van der Waals surface area contributed by atoms with Crippen molar-refractivity contribution >= 4 is 0 Å². The van der Waals surface area contributed by atoms with Crippen LogP contribution in [0.5, 0.6) is 0 Å². The van der Waals surface area contributed by atoms with Gasteiger partial charge in [-0.15, -0.1) is 0 Å². The molecule has 0 aliphatic carbocycles. The molecule has 2 aromatic rings. The van der Waals surface area contributed by atoms with Gasteiger partial charge in [-0.25, -0.2) is 0 Å². The van der Waals surface area contributed by atoms with Crippen LogP contribution in [0.1, 0.15) is 17.9 Å². The van der Waals surface area contributed by atoms with Crippen molar-refractivity contribution < 1.29 is 9.63 Å². The van der Waals surface area contributed by atoms with E-state index < -0.39 is 0 Å². The zero-order valence-electron chi connectivity index (χ0n) is 9.47. The molecule has 2 heterocycles. The summed E-state index contributed by atoms with van der Waals surface area (Å²) in [5.41, 5.74) is 2.85. The van der Waals surface area contributed by atoms with E-state index >= 15 is 0 Å². The largest absolute Gasteiger partial charge is 0.396 e. The smallest absolute Gasteiger partial charge is 0.137 e. The van der Waals surface area contributed by atoms with Gasteiger partial charge in [0, 0.05) is 37.4 Å². The Morgan fingerprint density at radius 2 is 2.31 bits per heavy atom. The monoisotopic (exact) mass is 221 g/mol. The highest BCUT2D eigenvalue weighted by atomic mass is 16.5. The van der Waals surface area contributed by atoms with Gasteiger partial charge in [0.2, 0.25) is 0 Å². The quantitative estimate of drug-likeness (QED) is 0.845. The van der Waals surface area contributed by atoms with Crippen molar-refractivity contribution in [2.45, 2.75) is 19.8 Å². The average molecular weight is 221 g/mol. The molecular weight excluding hydrogens is 206 g/mol. The number of aryl methyl sites for hydroxylation is 2. The summed E-state index contributed by atoms with van der Waals surface area (Å²) in [6, 6.07) is 1.90. The summed E-state index contributed by atoms with van der Waals surface area (Å²) >= 11 is 0. The second-order valence-corrected chi connectivity index (χ2v) is 3.77. The van der Waals surface area contributed by atoms with Crippen LogP contribution in [0.3, 0.4) is 0 Å². The first-order chi connectivity index (χ1) is 7.72. The fourth-order valence-electron chi connectivity index (χ4n) is 1.56. The summed E-state index contributed by atoms with van der Waals surface area (Å²) in [6.07, 6.45) is 3.19. The first-order valence-electron chi connectivity index (χ1n) is 5.28. The molecule has 0 radical (unpaired) electrons. The topological polar surface area (TPSA) is 64.1 Å². The summed E-state index contributed by atoms with van der Waals surface area (Å²) in [6.45, 7) is 2.16. The highest BCUT2D eigenvalue weighted by Gasteiger charge is 2.11. The molecule has 0 aromatic carbocycles. The Kier molecular flexibility index (Phi) is 3.05. The van der Waals surface area contributed by atoms with E-state index in [-0.39, 0.29) is 6.61 Å². The molecule has 0 amide bonds. The van der Waals surface area contributed by atoms with Crippen LogP contribution in [0.15, 0.2) is 16.8 Å². The Hall–Kier alpha value is -1.62. The van der Waals surface area contributed by atoms with Crippen molar-refractivity contribution in [2.75, 3.05) is 6.61 Å². The minimum Gasteiger partial charge on any atom is -0.396 e. The fraction of sp³-hybridized carbons (Fsp3) is 0.455. The fourth-order valence-corrected chi connectivity index (χ4v) is 1.56. The van der Waals surface area contributed by atoms with E-state index in [0.717, 1.165) is 22.7 Å². The Balaban J connectivity index is 2.21. The van der Waals surface area contributed by atoms with Gasteiger partial charge in [0.25, 0.3) is 0 Å². The maximum absolute atomic E-state index is 8.72. The van der Waals surface area contributed by atoms with Crippen LogP contribution >= 0.6 is 0 Å². The maximum Gasteiger partial charge on any atom is 0.137 e. The van der Waals surface area contributed by atoms with Crippen molar-refractivity contribution in [3.63, 3.8) is 0 Å². The van der Waals surface area contributed by atoms with Crippen LogP contribution < -0.4 is 0 Å². The number of hydrogen-bond acceptors (Lipinski definition) is 4. The molecule has 0 fully saturated rings. The van der Waals surface area contributed by atoms with E-state index in [9.17, 15) is 0 Å². The van der Waals surface area contributed by atoms with Gasteiger partial charge in [-0.3, -0.25) is 4.68 Å². The van der Waals surface area contributed by atoms with Gasteiger partial charge in [-0.2, -0.15) is 5.10 Å². The van der Waals surface area contributed by atoms with Crippen molar-refractivity contribution in [3.8, 4) is 11.3 Å². The Morgan fingerprint density at radius 3 is 2.94 bits per heavy atom. The minimum absolute atomic E-state index is 0.169. The van der Waals surface area contributed by atoms with Crippen molar-refractivity contribution in [1.29, 1.82) is 0 Å². The third-order valence-electron chi connectivity index (χ3n) is 2.65. The van der Waals surface area contributed by atoms with Crippen molar-refractivity contribution in [2.24, 2.45) is 7.05 Å². The maximum atomic E-state index is 8.72. The number of rotatable bonds is 4. The molecule has 0 aliphatic heterocycles. The molecule has 0 saturated carbocycles. The Labute approximate surface area is 93.7 Å². The molecule has 0 spiro atoms. The lowest BCUT2D eigenvalue weighted by Crippen LogP contribution is -1.92. The van der Waals surface area contributed by atoms with Gasteiger partial charge in [0.05, 0.1) is 6.20 Å². The molecule has 16 heavy (non-hydrogen) atoms. The molecule has 0 atom stereocenters. The first-order valence-corrected chi connectivity index (χ1v) is 5.28. The molecular formula is C11H15N3O2. The second kappa shape index (κ2) is 4.49. The molecule has 2 rings (SSSR count). The average Bonchev–Trinajstić information content (AvgIpc) is 2.85. The third-order valence-corrected chi connectivity index (χ3v) is 2.65. The molecule has 0 unspecified atom stereocenters. The number of hydrogen-bond donors (Lipinski definition) is 1. The Bertz CT molecular complexity index is 473. The number of aliphatic hydroxyl groups is 1. The lowest BCUT2D eigenvalue weighted by Gasteiger charge is -1.94. The van der Waals surface area contributed by atoms with Crippen LogP contribution in [0.25, 0.3) is 11.3 Å². The normalized spacial score (nSPS) is 10.9. The molecule has 86 valence electrons. The number of aliphatic hydroxyl groups excluding tert-OH is 1. The summed E-state index contributed by atoms with van der Waals surface area (Å²) < 4.78 is 6.99. The van der Waals surface area contributed by atoms with E-state index in [4.69, 9.17) is 9.63 Å². The molecule has 0 saturated heterocycles. The summed E-state index contributed by atoms with van der Waals surface area (Å²) in [4.78, 5) is 0. The molecule has 0 aliphatic rings. The highest BCUT2D eigenvalue weighted by Crippen LogP contribution is 2.22. The van der Waals surface area contributed by atoms with Crippen LogP contribution in [0.2, 0.25) is 0 Å². The van der Waals surface area contributed by atoms with Gasteiger partial charge in [0.15, 0.2) is 0 Å². The zero-order chi connectivity index (χ0) is 11.5. The van der Waals surface area contributed by atoms with Crippen LogP contribution in [-0.2, 0) is 13.5 Å². The van der Waals surface area contributed by atoms with Gasteiger partial charge < -0.3 is 9.63 Å². The van der Waals surface area contributed by atoms with Gasteiger partial charge >= 0.3 is 0 Å². The SMILES string of the molecule is Cc1c(-c2cc(CCCO)on2)cnn1C. The predicted molar refractivity (Wildman–Crippen MR) is 58.8 cm³/mol. The lowest BCUT2D eigenvalue weighted by molar-refractivity contribution is 0.280. The van der Waals surface area contributed by atoms with Crippen molar-refractivity contribution in [3.05, 3.63) is 23.7 Å². The van der Waals surface area contributed by atoms with Crippen molar-refractivity contribution in [1.82, 2.24) is 14.9 Å². The van der Waals surface area contributed by atoms with Gasteiger partial charge in [-0.1, -0.05) is 5.16 Å². The predicted octanol–water partition coefficient (Wildman–Crippen LogP) is 1.31. The zero-order valence-corrected chi connectivity index (χ0v) is 9.47. The van der Waals surface area contributed by atoms with E-state index in [1.54, 1.807) is 10.9 Å².